The first-order valence-corrected chi connectivity index (χ1v) is 13.5. The van der Waals surface area contributed by atoms with Crippen molar-refractivity contribution in [2.75, 3.05) is 33.9 Å². The maximum absolute atomic E-state index is 13.2. The quantitative estimate of drug-likeness (QED) is 0.608. The summed E-state index contributed by atoms with van der Waals surface area (Å²) in [4.78, 5) is 46.9. The van der Waals surface area contributed by atoms with Crippen molar-refractivity contribution in [1.29, 1.82) is 0 Å². The molecule has 9 nitrogen and oxygen atoms in total. The zero-order valence-corrected chi connectivity index (χ0v) is 22.4. The molecule has 4 amide bonds. The van der Waals surface area contributed by atoms with E-state index in [-0.39, 0.29) is 36.2 Å². The highest BCUT2D eigenvalue weighted by Crippen LogP contribution is 2.32. The van der Waals surface area contributed by atoms with Crippen molar-refractivity contribution in [2.45, 2.75) is 56.7 Å². The van der Waals surface area contributed by atoms with Crippen LogP contribution in [0.2, 0.25) is 0 Å². The van der Waals surface area contributed by atoms with E-state index in [1.807, 2.05) is 42.5 Å². The fourth-order valence-electron chi connectivity index (χ4n) is 5.49. The van der Waals surface area contributed by atoms with E-state index in [0.29, 0.717) is 52.0 Å². The standard InChI is InChI=1S/C29H39N5O4/c1-33-21-25(31-28(37)32-29(13-16-38-17-14-29)24-10-4-3-5-11-24)12-6-9-23(18-26(33)35)27(36)34(2)20-22-8-7-15-30-19-22/h3-5,7-8,10-11,15,19,23,25H,6,9,12-14,16-18,20-21H2,1-2H3,(H2,31,32,37). The van der Waals surface area contributed by atoms with Crippen molar-refractivity contribution in [3.8, 4) is 0 Å². The number of nitrogens with one attached hydrogen (secondary N) is 2. The first-order chi connectivity index (χ1) is 18.4. The van der Waals surface area contributed by atoms with Crippen molar-refractivity contribution < 1.29 is 19.1 Å². The molecule has 3 heterocycles. The van der Waals surface area contributed by atoms with E-state index in [4.69, 9.17) is 4.74 Å². The third-order valence-electron chi connectivity index (χ3n) is 7.67. The van der Waals surface area contributed by atoms with Gasteiger partial charge >= 0.3 is 6.03 Å². The molecule has 2 N–H and O–H groups in total. The fraction of sp³-hybridized carbons (Fsp3) is 0.517. The van der Waals surface area contributed by atoms with E-state index in [2.05, 4.69) is 15.6 Å². The molecule has 4 rings (SSSR count). The van der Waals surface area contributed by atoms with Crippen LogP contribution in [0.1, 0.15) is 49.7 Å². The highest BCUT2D eigenvalue weighted by atomic mass is 16.5. The first kappa shape index (κ1) is 27.6. The van der Waals surface area contributed by atoms with Gasteiger partial charge in [-0.15, -0.1) is 0 Å². The van der Waals surface area contributed by atoms with Gasteiger partial charge in [0.2, 0.25) is 11.8 Å². The smallest absolute Gasteiger partial charge is 0.315 e. The number of likely N-dealkylation sites (N-methyl/N-ethyl adjacent to an activating group) is 1. The van der Waals surface area contributed by atoms with Gasteiger partial charge in [0, 0.05) is 71.2 Å². The van der Waals surface area contributed by atoms with Crippen LogP contribution >= 0.6 is 0 Å². The van der Waals surface area contributed by atoms with E-state index in [1.165, 1.54) is 0 Å². The number of hydrogen-bond acceptors (Lipinski definition) is 5. The van der Waals surface area contributed by atoms with Gasteiger partial charge in [-0.3, -0.25) is 14.6 Å². The van der Waals surface area contributed by atoms with Gasteiger partial charge in [0.05, 0.1) is 5.54 Å². The van der Waals surface area contributed by atoms with Crippen LogP contribution in [0.25, 0.3) is 0 Å². The summed E-state index contributed by atoms with van der Waals surface area (Å²) in [6.07, 6.45) is 7.03. The summed E-state index contributed by atoms with van der Waals surface area (Å²) in [5.41, 5.74) is 1.53. The van der Waals surface area contributed by atoms with Crippen molar-refractivity contribution in [3.05, 3.63) is 66.0 Å². The molecule has 0 aliphatic carbocycles. The second-order valence-corrected chi connectivity index (χ2v) is 10.5. The molecule has 9 heteroatoms. The molecule has 2 aliphatic rings. The van der Waals surface area contributed by atoms with Gasteiger partial charge in [-0.2, -0.15) is 0 Å². The minimum absolute atomic E-state index is 0.0379. The zero-order chi connectivity index (χ0) is 27.0. The number of benzene rings is 1. The molecule has 2 aromatic rings. The number of ether oxygens (including phenoxy) is 1. The van der Waals surface area contributed by atoms with Crippen LogP contribution in [0.15, 0.2) is 54.9 Å². The number of hydrogen-bond donors (Lipinski definition) is 2. The van der Waals surface area contributed by atoms with Crippen LogP contribution in [0.5, 0.6) is 0 Å². The number of carbonyl (C=O) groups excluding carboxylic acids is 3. The van der Waals surface area contributed by atoms with Crippen LogP contribution < -0.4 is 10.6 Å². The van der Waals surface area contributed by atoms with Gasteiger partial charge in [-0.25, -0.2) is 4.79 Å². The lowest BCUT2D eigenvalue weighted by Crippen LogP contribution is -2.55. The Labute approximate surface area is 224 Å². The van der Waals surface area contributed by atoms with E-state index >= 15 is 0 Å². The van der Waals surface area contributed by atoms with Gasteiger partial charge in [0.1, 0.15) is 0 Å². The Morgan fingerprint density at radius 1 is 1.13 bits per heavy atom. The summed E-state index contributed by atoms with van der Waals surface area (Å²) >= 11 is 0. The van der Waals surface area contributed by atoms with E-state index in [1.54, 1.807) is 36.3 Å². The third-order valence-corrected chi connectivity index (χ3v) is 7.67. The Kier molecular flexibility index (Phi) is 9.33. The summed E-state index contributed by atoms with van der Waals surface area (Å²) in [6, 6.07) is 13.3. The van der Waals surface area contributed by atoms with Crippen molar-refractivity contribution in [1.82, 2.24) is 25.4 Å². The molecule has 2 saturated heterocycles. The number of aromatic nitrogens is 1. The molecule has 0 radical (unpaired) electrons. The average molecular weight is 522 g/mol. The molecular weight excluding hydrogens is 482 g/mol. The number of pyridine rings is 1. The molecule has 2 atom stereocenters. The Hall–Kier alpha value is -3.46. The largest absolute Gasteiger partial charge is 0.381 e. The number of carbonyl (C=O) groups is 3. The molecule has 1 aromatic carbocycles. The minimum atomic E-state index is -0.486. The fourth-order valence-corrected chi connectivity index (χ4v) is 5.49. The molecule has 204 valence electrons. The lowest BCUT2D eigenvalue weighted by Gasteiger charge is -2.39. The predicted molar refractivity (Wildman–Crippen MR) is 144 cm³/mol. The number of nitrogens with zero attached hydrogens (tertiary/aromatic N) is 3. The SMILES string of the molecule is CN1CC(NC(=O)NC2(c3ccccc3)CCOCC2)CCCC(C(=O)N(C)Cc2cccnc2)CC1=O. The summed E-state index contributed by atoms with van der Waals surface area (Å²) < 4.78 is 5.58. The lowest BCUT2D eigenvalue weighted by atomic mass is 9.83. The topological polar surface area (TPSA) is 104 Å². The highest BCUT2D eigenvalue weighted by molar-refractivity contribution is 5.85. The molecule has 0 spiro atoms. The van der Waals surface area contributed by atoms with Gasteiger partial charge in [0.25, 0.3) is 0 Å². The number of amides is 4. The van der Waals surface area contributed by atoms with Gasteiger partial charge in [0.15, 0.2) is 0 Å². The Morgan fingerprint density at radius 2 is 1.89 bits per heavy atom. The monoisotopic (exact) mass is 521 g/mol. The Balaban J connectivity index is 1.37. The second kappa shape index (κ2) is 12.9. The second-order valence-electron chi connectivity index (χ2n) is 10.5. The molecule has 1 aromatic heterocycles. The van der Waals surface area contributed by atoms with Crippen LogP contribution in [-0.4, -0.2) is 72.5 Å². The molecule has 0 saturated carbocycles. The first-order valence-electron chi connectivity index (χ1n) is 13.5. The highest BCUT2D eigenvalue weighted by Gasteiger charge is 2.36. The predicted octanol–water partition coefficient (Wildman–Crippen LogP) is 3.06. The molecule has 2 aliphatic heterocycles. The summed E-state index contributed by atoms with van der Waals surface area (Å²) in [5.74, 6) is -0.510. The molecule has 2 fully saturated rings. The van der Waals surface area contributed by atoms with Crippen LogP contribution in [0.4, 0.5) is 4.79 Å². The van der Waals surface area contributed by atoms with Crippen LogP contribution in [0.3, 0.4) is 0 Å². The molecule has 0 bridgehead atoms. The zero-order valence-electron chi connectivity index (χ0n) is 22.4. The van der Waals surface area contributed by atoms with E-state index < -0.39 is 5.54 Å². The average Bonchev–Trinajstić information content (AvgIpc) is 2.99. The Morgan fingerprint density at radius 3 is 2.61 bits per heavy atom. The number of rotatable bonds is 6. The van der Waals surface area contributed by atoms with Crippen LogP contribution in [-0.2, 0) is 26.4 Å². The van der Waals surface area contributed by atoms with Gasteiger partial charge < -0.3 is 25.2 Å². The maximum Gasteiger partial charge on any atom is 0.315 e. The van der Waals surface area contributed by atoms with Gasteiger partial charge in [-0.05, 0) is 42.9 Å². The third kappa shape index (κ3) is 7.10. The molecule has 2 unspecified atom stereocenters. The lowest BCUT2D eigenvalue weighted by molar-refractivity contribution is -0.140. The van der Waals surface area contributed by atoms with E-state index in [9.17, 15) is 14.4 Å². The normalized spacial score (nSPS) is 21.9. The summed E-state index contributed by atoms with van der Waals surface area (Å²) in [7, 11) is 3.51. The molecule has 38 heavy (non-hydrogen) atoms. The van der Waals surface area contributed by atoms with Crippen LogP contribution in [0, 0.1) is 5.92 Å². The molecular formula is C29H39N5O4. The Bertz CT molecular complexity index is 1070. The maximum atomic E-state index is 13.2. The summed E-state index contributed by atoms with van der Waals surface area (Å²) in [6.45, 7) is 2.02. The van der Waals surface area contributed by atoms with Crippen molar-refractivity contribution in [2.24, 2.45) is 5.92 Å². The number of urea groups is 1. The minimum Gasteiger partial charge on any atom is -0.381 e. The van der Waals surface area contributed by atoms with Crippen molar-refractivity contribution >= 4 is 17.8 Å². The van der Waals surface area contributed by atoms with Gasteiger partial charge in [-0.1, -0.05) is 42.8 Å². The van der Waals surface area contributed by atoms with Crippen molar-refractivity contribution in [3.63, 3.8) is 0 Å². The summed E-state index contributed by atoms with van der Waals surface area (Å²) in [5, 5.41) is 6.36. The van der Waals surface area contributed by atoms with E-state index in [0.717, 1.165) is 17.5 Å².